The average molecular weight is 271 g/mol. The second-order valence-electron chi connectivity index (χ2n) is 3.84. The highest BCUT2D eigenvalue weighted by Crippen LogP contribution is 2.32. The smallest absolute Gasteiger partial charge is 0.307 e. The van der Waals surface area contributed by atoms with Gasteiger partial charge in [-0.15, -0.1) is 0 Å². The zero-order chi connectivity index (χ0) is 14.4. The molecule has 2 N–H and O–H groups in total. The van der Waals surface area contributed by atoms with Gasteiger partial charge in [0.05, 0.1) is 27.2 Å². The minimum absolute atomic E-state index is 0.0970. The van der Waals surface area contributed by atoms with E-state index in [-0.39, 0.29) is 24.3 Å². The molecule has 19 heavy (non-hydrogen) atoms. The Balaban J connectivity index is 2.96. The Hall–Kier alpha value is -1.82. The van der Waals surface area contributed by atoms with Crippen LogP contribution in [0.5, 0.6) is 11.5 Å². The van der Waals surface area contributed by atoms with Crippen LogP contribution in [0.25, 0.3) is 0 Å². The number of benzene rings is 1. The SMILES string of the molecule is CCOC(=O)C[C@@H](N)c1cc(OC)c(OC)cc1F. The van der Waals surface area contributed by atoms with Crippen molar-refractivity contribution < 1.29 is 23.4 Å². The third-order valence-corrected chi connectivity index (χ3v) is 2.59. The van der Waals surface area contributed by atoms with E-state index >= 15 is 0 Å². The average Bonchev–Trinajstić information content (AvgIpc) is 2.38. The summed E-state index contributed by atoms with van der Waals surface area (Å²) in [7, 11) is 2.85. The molecule has 0 radical (unpaired) electrons. The van der Waals surface area contributed by atoms with Crippen LogP contribution in [0.2, 0.25) is 0 Å². The number of rotatable bonds is 6. The molecule has 0 aromatic heterocycles. The number of nitrogens with two attached hydrogens (primary N) is 1. The monoisotopic (exact) mass is 271 g/mol. The topological polar surface area (TPSA) is 70.8 Å². The van der Waals surface area contributed by atoms with Crippen LogP contribution in [0.1, 0.15) is 24.9 Å². The van der Waals surface area contributed by atoms with Gasteiger partial charge in [-0.2, -0.15) is 0 Å². The first-order chi connectivity index (χ1) is 9.03. The van der Waals surface area contributed by atoms with Gasteiger partial charge < -0.3 is 19.9 Å². The maximum absolute atomic E-state index is 13.9. The molecule has 1 atom stereocenters. The normalized spacial score (nSPS) is 11.8. The molecule has 1 aromatic carbocycles. The molecule has 0 saturated heterocycles. The Morgan fingerprint density at radius 1 is 1.32 bits per heavy atom. The molecule has 0 fully saturated rings. The molecule has 0 amide bonds. The summed E-state index contributed by atoms with van der Waals surface area (Å²) < 4.78 is 28.7. The summed E-state index contributed by atoms with van der Waals surface area (Å²) >= 11 is 0. The quantitative estimate of drug-likeness (QED) is 0.799. The molecule has 0 heterocycles. The van der Waals surface area contributed by atoms with Crippen LogP contribution < -0.4 is 15.2 Å². The summed E-state index contributed by atoms with van der Waals surface area (Å²) in [6, 6.07) is 1.82. The van der Waals surface area contributed by atoms with E-state index in [0.717, 1.165) is 0 Å². The van der Waals surface area contributed by atoms with Crippen molar-refractivity contribution in [2.24, 2.45) is 5.73 Å². The zero-order valence-corrected chi connectivity index (χ0v) is 11.2. The van der Waals surface area contributed by atoms with Gasteiger partial charge in [0.15, 0.2) is 11.5 Å². The fraction of sp³-hybridized carbons (Fsp3) is 0.462. The maximum atomic E-state index is 13.9. The number of carbonyl (C=O) groups excluding carboxylic acids is 1. The van der Waals surface area contributed by atoms with E-state index in [1.807, 2.05) is 0 Å². The highest BCUT2D eigenvalue weighted by atomic mass is 19.1. The van der Waals surface area contributed by atoms with Gasteiger partial charge in [-0.1, -0.05) is 0 Å². The minimum Gasteiger partial charge on any atom is -0.493 e. The predicted molar refractivity (Wildman–Crippen MR) is 67.7 cm³/mol. The van der Waals surface area contributed by atoms with E-state index in [1.165, 1.54) is 26.4 Å². The molecule has 0 aliphatic heterocycles. The lowest BCUT2D eigenvalue weighted by molar-refractivity contribution is -0.143. The van der Waals surface area contributed by atoms with Crippen LogP contribution in [0.3, 0.4) is 0 Å². The molecule has 0 aliphatic carbocycles. The first-order valence-electron chi connectivity index (χ1n) is 5.86. The summed E-state index contributed by atoms with van der Waals surface area (Å²) in [4.78, 5) is 11.3. The van der Waals surface area contributed by atoms with Crippen molar-refractivity contribution in [2.75, 3.05) is 20.8 Å². The fourth-order valence-corrected chi connectivity index (χ4v) is 1.66. The predicted octanol–water partition coefficient (Wildman–Crippen LogP) is 1.80. The van der Waals surface area contributed by atoms with Crippen molar-refractivity contribution in [1.82, 2.24) is 0 Å². The fourth-order valence-electron chi connectivity index (χ4n) is 1.66. The second kappa shape index (κ2) is 6.94. The van der Waals surface area contributed by atoms with E-state index in [9.17, 15) is 9.18 Å². The zero-order valence-electron chi connectivity index (χ0n) is 11.2. The maximum Gasteiger partial charge on any atom is 0.307 e. The van der Waals surface area contributed by atoms with E-state index < -0.39 is 17.8 Å². The second-order valence-corrected chi connectivity index (χ2v) is 3.84. The third-order valence-electron chi connectivity index (χ3n) is 2.59. The number of hydrogen-bond acceptors (Lipinski definition) is 5. The summed E-state index contributed by atoms with van der Waals surface area (Å²) in [5, 5.41) is 0. The number of esters is 1. The highest BCUT2D eigenvalue weighted by molar-refractivity contribution is 5.70. The number of halogens is 1. The van der Waals surface area contributed by atoms with E-state index in [4.69, 9.17) is 19.9 Å². The first kappa shape index (κ1) is 15.2. The molecule has 0 spiro atoms. The van der Waals surface area contributed by atoms with Gasteiger partial charge in [-0.25, -0.2) is 4.39 Å². The molecular formula is C13H18FNO4. The van der Waals surface area contributed by atoms with E-state index in [1.54, 1.807) is 6.92 Å². The van der Waals surface area contributed by atoms with Crippen LogP contribution in [0.15, 0.2) is 12.1 Å². The van der Waals surface area contributed by atoms with Gasteiger partial charge in [0.2, 0.25) is 0 Å². The summed E-state index contributed by atoms with van der Waals surface area (Å²) in [5.41, 5.74) is 5.99. The number of carbonyl (C=O) groups is 1. The molecule has 0 aliphatic rings. The lowest BCUT2D eigenvalue weighted by Crippen LogP contribution is -2.18. The Morgan fingerprint density at radius 3 is 2.42 bits per heavy atom. The summed E-state index contributed by atoms with van der Waals surface area (Å²) in [5.74, 6) is -0.385. The van der Waals surface area contributed by atoms with Crippen LogP contribution >= 0.6 is 0 Å². The van der Waals surface area contributed by atoms with Crippen molar-refractivity contribution in [3.8, 4) is 11.5 Å². The molecule has 5 nitrogen and oxygen atoms in total. The van der Waals surface area contributed by atoms with Crippen molar-refractivity contribution in [1.29, 1.82) is 0 Å². The van der Waals surface area contributed by atoms with Crippen LogP contribution in [0.4, 0.5) is 4.39 Å². The molecular weight excluding hydrogens is 253 g/mol. The number of methoxy groups -OCH3 is 2. The number of ether oxygens (including phenoxy) is 3. The summed E-state index contributed by atoms with van der Waals surface area (Å²) in [6.45, 7) is 1.96. The van der Waals surface area contributed by atoms with Crippen LogP contribution in [-0.4, -0.2) is 26.8 Å². The number of hydrogen-bond donors (Lipinski definition) is 1. The standard InChI is InChI=1S/C13H18FNO4/c1-4-19-13(16)7-10(15)8-5-11(17-2)12(18-3)6-9(8)14/h5-6,10H,4,7,15H2,1-3H3/t10-/m1/s1. The van der Waals surface area contributed by atoms with Crippen LogP contribution in [0, 0.1) is 5.82 Å². The molecule has 6 heteroatoms. The molecule has 0 bridgehead atoms. The Kier molecular flexibility index (Phi) is 5.57. The lowest BCUT2D eigenvalue weighted by atomic mass is 10.0. The molecule has 0 unspecified atom stereocenters. The van der Waals surface area contributed by atoms with Gasteiger partial charge in [0, 0.05) is 17.7 Å². The molecule has 1 aromatic rings. The van der Waals surface area contributed by atoms with Crippen molar-refractivity contribution in [3.63, 3.8) is 0 Å². The minimum atomic E-state index is -0.793. The summed E-state index contributed by atoms with van der Waals surface area (Å²) in [6.07, 6.45) is -0.0970. The van der Waals surface area contributed by atoms with Gasteiger partial charge in [0.25, 0.3) is 0 Å². The Labute approximate surface area is 111 Å². The first-order valence-corrected chi connectivity index (χ1v) is 5.86. The van der Waals surface area contributed by atoms with Crippen LogP contribution in [-0.2, 0) is 9.53 Å². The van der Waals surface area contributed by atoms with Crippen molar-refractivity contribution in [3.05, 3.63) is 23.5 Å². The van der Waals surface area contributed by atoms with E-state index in [2.05, 4.69) is 0 Å². The van der Waals surface area contributed by atoms with Gasteiger partial charge in [-0.05, 0) is 13.0 Å². The Morgan fingerprint density at radius 2 is 1.89 bits per heavy atom. The third kappa shape index (κ3) is 3.82. The largest absolute Gasteiger partial charge is 0.493 e. The van der Waals surface area contributed by atoms with Crippen molar-refractivity contribution >= 4 is 5.97 Å². The molecule has 106 valence electrons. The molecule has 0 saturated carbocycles. The molecule has 1 rings (SSSR count). The van der Waals surface area contributed by atoms with Gasteiger partial charge >= 0.3 is 5.97 Å². The van der Waals surface area contributed by atoms with E-state index in [0.29, 0.717) is 5.75 Å². The van der Waals surface area contributed by atoms with Crippen molar-refractivity contribution in [2.45, 2.75) is 19.4 Å². The lowest BCUT2D eigenvalue weighted by Gasteiger charge is -2.15. The highest BCUT2D eigenvalue weighted by Gasteiger charge is 2.19. The van der Waals surface area contributed by atoms with Gasteiger partial charge in [0.1, 0.15) is 5.82 Å². The Bertz CT molecular complexity index is 451. The van der Waals surface area contributed by atoms with Gasteiger partial charge in [-0.3, -0.25) is 4.79 Å².